The summed E-state index contributed by atoms with van der Waals surface area (Å²) in [6.45, 7) is 3.37. The average Bonchev–Trinajstić information content (AvgIpc) is 2.73. The van der Waals surface area contributed by atoms with Crippen molar-refractivity contribution in [1.82, 2.24) is 15.2 Å². The molecule has 6 nitrogen and oxygen atoms in total. The lowest BCUT2D eigenvalue weighted by Gasteiger charge is -2.30. The van der Waals surface area contributed by atoms with Crippen LogP contribution in [-0.4, -0.2) is 39.1 Å². The second kappa shape index (κ2) is 4.29. The van der Waals surface area contributed by atoms with E-state index in [0.29, 0.717) is 6.54 Å². The van der Waals surface area contributed by atoms with E-state index in [1.165, 1.54) is 18.7 Å². The molecule has 1 aliphatic rings. The van der Waals surface area contributed by atoms with E-state index in [2.05, 4.69) is 10.3 Å². The van der Waals surface area contributed by atoms with Gasteiger partial charge in [0, 0.05) is 18.9 Å². The second-order valence-corrected chi connectivity index (χ2v) is 4.76. The van der Waals surface area contributed by atoms with E-state index in [0.717, 1.165) is 5.56 Å². The summed E-state index contributed by atoms with van der Waals surface area (Å²) >= 11 is 0. The van der Waals surface area contributed by atoms with Gasteiger partial charge in [-0.3, -0.25) is 4.98 Å². The lowest BCUT2D eigenvalue weighted by molar-refractivity contribution is -0.147. The van der Waals surface area contributed by atoms with E-state index in [1.54, 1.807) is 12.4 Å². The number of carboxylic acid groups (broad SMARTS) is 1. The zero-order chi connectivity index (χ0) is 13.3. The van der Waals surface area contributed by atoms with Gasteiger partial charge in [-0.25, -0.2) is 9.59 Å². The van der Waals surface area contributed by atoms with E-state index < -0.39 is 11.5 Å². The minimum Gasteiger partial charge on any atom is -0.480 e. The number of rotatable bonds is 3. The van der Waals surface area contributed by atoms with Gasteiger partial charge in [0.2, 0.25) is 0 Å². The molecule has 0 spiro atoms. The lowest BCUT2D eigenvalue weighted by atomic mass is 10.0. The standard InChI is InChI=1S/C12H15N3O3/c1-12(2,10(16)17)15-7-9(14-11(15)18)8-3-5-13-6-4-8/h3-6,9H,7H2,1-2H3,(H,14,18)(H,16,17). The Labute approximate surface area is 105 Å². The number of nitrogens with one attached hydrogen (secondary N) is 1. The predicted molar refractivity (Wildman–Crippen MR) is 63.9 cm³/mol. The van der Waals surface area contributed by atoms with Gasteiger partial charge in [0.15, 0.2) is 0 Å². The molecule has 96 valence electrons. The van der Waals surface area contributed by atoms with E-state index in [9.17, 15) is 9.59 Å². The SMILES string of the molecule is CC(C)(C(=O)O)N1CC(c2ccncc2)NC1=O. The van der Waals surface area contributed by atoms with Crippen molar-refractivity contribution in [3.8, 4) is 0 Å². The Morgan fingerprint density at radius 2 is 2.11 bits per heavy atom. The molecule has 1 fully saturated rings. The highest BCUT2D eigenvalue weighted by Crippen LogP contribution is 2.26. The van der Waals surface area contributed by atoms with Crippen molar-refractivity contribution in [2.45, 2.75) is 25.4 Å². The Bertz CT molecular complexity index is 473. The first-order valence-corrected chi connectivity index (χ1v) is 5.64. The van der Waals surface area contributed by atoms with Gasteiger partial charge in [-0.05, 0) is 31.5 Å². The van der Waals surface area contributed by atoms with Crippen LogP contribution in [0.3, 0.4) is 0 Å². The van der Waals surface area contributed by atoms with Gasteiger partial charge in [-0.1, -0.05) is 0 Å². The van der Waals surface area contributed by atoms with Crippen molar-refractivity contribution in [3.63, 3.8) is 0 Å². The van der Waals surface area contributed by atoms with Crippen LogP contribution in [0.25, 0.3) is 0 Å². The summed E-state index contributed by atoms with van der Waals surface area (Å²) < 4.78 is 0. The van der Waals surface area contributed by atoms with Crippen LogP contribution < -0.4 is 5.32 Å². The summed E-state index contributed by atoms with van der Waals surface area (Å²) in [6, 6.07) is 3.06. The maximum atomic E-state index is 11.8. The quantitative estimate of drug-likeness (QED) is 0.837. The zero-order valence-corrected chi connectivity index (χ0v) is 10.3. The topological polar surface area (TPSA) is 82.5 Å². The fraction of sp³-hybridized carbons (Fsp3) is 0.417. The van der Waals surface area contributed by atoms with Gasteiger partial charge in [0.05, 0.1) is 6.04 Å². The third kappa shape index (κ3) is 2.01. The van der Waals surface area contributed by atoms with E-state index >= 15 is 0 Å². The van der Waals surface area contributed by atoms with Gasteiger partial charge in [0.1, 0.15) is 5.54 Å². The van der Waals surface area contributed by atoms with Crippen LogP contribution >= 0.6 is 0 Å². The molecule has 2 rings (SSSR count). The average molecular weight is 249 g/mol. The number of aliphatic carboxylic acids is 1. The number of aromatic nitrogens is 1. The Kier molecular flexibility index (Phi) is 2.94. The number of hydrogen-bond acceptors (Lipinski definition) is 3. The molecular weight excluding hydrogens is 234 g/mol. The molecule has 2 N–H and O–H groups in total. The van der Waals surface area contributed by atoms with Crippen LogP contribution in [0.2, 0.25) is 0 Å². The van der Waals surface area contributed by atoms with Crippen molar-refractivity contribution in [2.24, 2.45) is 0 Å². The molecule has 1 aromatic heterocycles. The third-order valence-corrected chi connectivity index (χ3v) is 3.21. The Morgan fingerprint density at radius 1 is 1.50 bits per heavy atom. The summed E-state index contributed by atoms with van der Waals surface area (Å²) in [5.74, 6) is -1.02. The molecular formula is C12H15N3O3. The Hall–Kier alpha value is -2.11. The fourth-order valence-corrected chi connectivity index (χ4v) is 1.92. The van der Waals surface area contributed by atoms with Gasteiger partial charge in [-0.2, -0.15) is 0 Å². The minimum absolute atomic E-state index is 0.195. The molecule has 1 atom stereocenters. The maximum Gasteiger partial charge on any atom is 0.329 e. The molecule has 1 aromatic rings. The first-order valence-electron chi connectivity index (χ1n) is 5.64. The van der Waals surface area contributed by atoms with Crippen molar-refractivity contribution in [1.29, 1.82) is 0 Å². The first kappa shape index (κ1) is 12.3. The number of pyridine rings is 1. The Balaban J connectivity index is 2.20. The molecule has 0 saturated carbocycles. The van der Waals surface area contributed by atoms with Crippen molar-refractivity contribution < 1.29 is 14.7 Å². The summed E-state index contributed by atoms with van der Waals surface area (Å²) in [7, 11) is 0. The molecule has 6 heteroatoms. The number of amides is 2. The van der Waals surface area contributed by atoms with E-state index in [4.69, 9.17) is 5.11 Å². The molecule has 2 amide bonds. The summed E-state index contributed by atoms with van der Waals surface area (Å²) in [4.78, 5) is 28.3. The van der Waals surface area contributed by atoms with Crippen LogP contribution in [0, 0.1) is 0 Å². The highest BCUT2D eigenvalue weighted by molar-refractivity contribution is 5.87. The molecule has 1 unspecified atom stereocenters. The maximum absolute atomic E-state index is 11.8. The third-order valence-electron chi connectivity index (χ3n) is 3.21. The van der Waals surface area contributed by atoms with E-state index in [-0.39, 0.29) is 12.1 Å². The minimum atomic E-state index is -1.22. The molecule has 1 saturated heterocycles. The van der Waals surface area contributed by atoms with Crippen LogP contribution in [0.4, 0.5) is 4.79 Å². The van der Waals surface area contributed by atoms with Gasteiger partial charge < -0.3 is 15.3 Å². The second-order valence-electron chi connectivity index (χ2n) is 4.76. The van der Waals surface area contributed by atoms with Gasteiger partial charge in [0.25, 0.3) is 0 Å². The zero-order valence-electron chi connectivity index (χ0n) is 10.3. The highest BCUT2D eigenvalue weighted by Gasteiger charge is 2.43. The first-order chi connectivity index (χ1) is 8.43. The number of carboxylic acids is 1. The largest absolute Gasteiger partial charge is 0.480 e. The molecule has 0 radical (unpaired) electrons. The monoisotopic (exact) mass is 249 g/mol. The van der Waals surface area contributed by atoms with Gasteiger partial charge in [-0.15, -0.1) is 0 Å². The van der Waals surface area contributed by atoms with Crippen LogP contribution in [-0.2, 0) is 4.79 Å². The summed E-state index contributed by atoms with van der Waals surface area (Å²) in [5.41, 5.74) is -0.298. The molecule has 18 heavy (non-hydrogen) atoms. The number of nitrogens with zero attached hydrogens (tertiary/aromatic N) is 2. The molecule has 0 bridgehead atoms. The normalized spacial score (nSPS) is 19.8. The number of carbonyl (C=O) groups excluding carboxylic acids is 1. The summed E-state index contributed by atoms with van der Waals surface area (Å²) in [6.07, 6.45) is 3.29. The van der Waals surface area contributed by atoms with E-state index in [1.807, 2.05) is 12.1 Å². The number of urea groups is 1. The van der Waals surface area contributed by atoms with Crippen molar-refractivity contribution >= 4 is 12.0 Å². The van der Waals surface area contributed by atoms with Crippen molar-refractivity contribution in [2.75, 3.05) is 6.54 Å². The van der Waals surface area contributed by atoms with Crippen molar-refractivity contribution in [3.05, 3.63) is 30.1 Å². The lowest BCUT2D eigenvalue weighted by Crippen LogP contribution is -2.51. The molecule has 2 heterocycles. The number of carbonyl (C=O) groups is 2. The Morgan fingerprint density at radius 3 is 2.67 bits per heavy atom. The smallest absolute Gasteiger partial charge is 0.329 e. The van der Waals surface area contributed by atoms with Gasteiger partial charge >= 0.3 is 12.0 Å². The molecule has 0 aromatic carbocycles. The van der Waals surface area contributed by atoms with Crippen LogP contribution in [0.5, 0.6) is 0 Å². The number of hydrogen-bond donors (Lipinski definition) is 2. The molecule has 1 aliphatic heterocycles. The fourth-order valence-electron chi connectivity index (χ4n) is 1.92. The van der Waals surface area contributed by atoms with Crippen LogP contribution in [0.15, 0.2) is 24.5 Å². The van der Waals surface area contributed by atoms with Crippen LogP contribution in [0.1, 0.15) is 25.5 Å². The summed E-state index contributed by atoms with van der Waals surface area (Å²) in [5, 5.41) is 11.9. The predicted octanol–water partition coefficient (Wildman–Crippen LogP) is 1.01. The molecule has 0 aliphatic carbocycles. The highest BCUT2D eigenvalue weighted by atomic mass is 16.4.